The number of hydrogen-bond donors (Lipinski definition) is 0. The molecule has 0 spiro atoms. The van der Waals surface area contributed by atoms with E-state index in [1.807, 2.05) is 0 Å². The summed E-state index contributed by atoms with van der Waals surface area (Å²) in [5, 5.41) is 0. The highest BCUT2D eigenvalue weighted by atomic mass is 32.2. The first-order valence-corrected chi connectivity index (χ1v) is 12.2. The van der Waals surface area contributed by atoms with Crippen molar-refractivity contribution in [3.63, 3.8) is 0 Å². The van der Waals surface area contributed by atoms with Crippen molar-refractivity contribution in [2.45, 2.75) is 31.6 Å². The molecule has 10 nitrogen and oxygen atoms in total. The number of likely N-dealkylation sites (tertiary alicyclic amines) is 1. The van der Waals surface area contributed by atoms with Crippen molar-refractivity contribution < 1.29 is 32.3 Å². The summed E-state index contributed by atoms with van der Waals surface area (Å²) in [5.41, 5.74) is 0.383. The first-order chi connectivity index (χ1) is 15.5. The van der Waals surface area contributed by atoms with Crippen LogP contribution in [-0.2, 0) is 29.1 Å². The van der Waals surface area contributed by atoms with Gasteiger partial charge in [-0.3, -0.25) is 19.2 Å². The molecule has 0 radical (unpaired) electrons. The van der Waals surface area contributed by atoms with Crippen LogP contribution in [0.25, 0.3) is 0 Å². The van der Waals surface area contributed by atoms with Crippen molar-refractivity contribution in [2.75, 3.05) is 46.9 Å². The maximum Gasteiger partial charge on any atom is 0.310 e. The fourth-order valence-corrected chi connectivity index (χ4v) is 4.61. The molecule has 0 saturated carbocycles. The van der Waals surface area contributed by atoms with Gasteiger partial charge in [-0.25, -0.2) is 8.42 Å². The number of esters is 1. The van der Waals surface area contributed by atoms with Gasteiger partial charge in [0.05, 0.1) is 30.5 Å². The van der Waals surface area contributed by atoms with E-state index >= 15 is 0 Å². The predicted octanol–water partition coefficient (Wildman–Crippen LogP) is 0.770. The number of benzene rings is 1. The van der Waals surface area contributed by atoms with Gasteiger partial charge in [-0.15, -0.1) is 0 Å². The minimum Gasteiger partial charge on any atom is -0.466 e. The quantitative estimate of drug-likeness (QED) is 0.377. The van der Waals surface area contributed by atoms with Gasteiger partial charge in [0.2, 0.25) is 21.8 Å². The summed E-state index contributed by atoms with van der Waals surface area (Å²) >= 11 is 0. The van der Waals surface area contributed by atoms with Crippen LogP contribution in [0.15, 0.2) is 29.2 Å². The lowest BCUT2D eigenvalue weighted by atomic mass is 9.98. The zero-order chi connectivity index (χ0) is 24.8. The third kappa shape index (κ3) is 6.84. The molecule has 11 heteroatoms. The third-order valence-electron chi connectivity index (χ3n) is 5.52. The number of ketones is 1. The van der Waals surface area contributed by atoms with Crippen LogP contribution in [-0.4, -0.2) is 93.0 Å². The van der Waals surface area contributed by atoms with Crippen molar-refractivity contribution in [3.8, 4) is 0 Å². The lowest BCUT2D eigenvalue weighted by molar-refractivity contribution is -0.152. The first-order valence-electron chi connectivity index (χ1n) is 10.7. The van der Waals surface area contributed by atoms with Crippen LogP contribution in [0.2, 0.25) is 0 Å². The molecule has 0 bridgehead atoms. The van der Waals surface area contributed by atoms with E-state index in [4.69, 9.17) is 4.74 Å². The second-order valence-electron chi connectivity index (χ2n) is 8.02. The van der Waals surface area contributed by atoms with Gasteiger partial charge in [0, 0.05) is 32.7 Å². The molecule has 0 aliphatic carbocycles. The average Bonchev–Trinajstić information content (AvgIpc) is 2.79. The van der Waals surface area contributed by atoms with E-state index in [1.54, 1.807) is 6.92 Å². The second kappa shape index (κ2) is 11.4. The molecule has 1 saturated heterocycles. The number of ether oxygens (including phenoxy) is 1. The Labute approximate surface area is 194 Å². The Morgan fingerprint density at radius 3 is 2.30 bits per heavy atom. The summed E-state index contributed by atoms with van der Waals surface area (Å²) in [6.45, 7) is 3.43. The maximum absolute atomic E-state index is 12.7. The molecule has 1 heterocycles. The highest BCUT2D eigenvalue weighted by molar-refractivity contribution is 7.89. The Bertz CT molecular complexity index is 992. The summed E-state index contributed by atoms with van der Waals surface area (Å²) in [6, 6.07) is 5.46. The van der Waals surface area contributed by atoms with Gasteiger partial charge < -0.3 is 14.5 Å². The minimum atomic E-state index is -3.95. The van der Waals surface area contributed by atoms with Crippen LogP contribution in [0.5, 0.6) is 0 Å². The number of carbonyl (C=O) groups is 4. The number of sulfonamides is 1. The summed E-state index contributed by atoms with van der Waals surface area (Å²) in [6.07, 6.45) is 1.31. The van der Waals surface area contributed by atoms with Crippen molar-refractivity contribution in [3.05, 3.63) is 29.8 Å². The molecule has 33 heavy (non-hydrogen) atoms. The van der Waals surface area contributed by atoms with E-state index in [2.05, 4.69) is 0 Å². The summed E-state index contributed by atoms with van der Waals surface area (Å²) in [7, 11) is -1.25. The van der Waals surface area contributed by atoms with Gasteiger partial charge in [0.25, 0.3) is 0 Å². The molecule has 0 N–H and O–H groups in total. The number of rotatable bonds is 9. The number of hydrogen-bond acceptors (Lipinski definition) is 7. The smallest absolute Gasteiger partial charge is 0.310 e. The molecule has 1 fully saturated rings. The Balaban J connectivity index is 1.95. The third-order valence-corrected chi connectivity index (χ3v) is 7.34. The normalized spacial score (nSPS) is 16.4. The SMILES string of the molecule is CCOC(=O)C1CCCN(C(=O)CN(C)C(=O)CN(C)S(=O)(=O)c2ccc(C(C)=O)cc2)C1. The van der Waals surface area contributed by atoms with Gasteiger partial charge in [-0.2, -0.15) is 4.31 Å². The summed E-state index contributed by atoms with van der Waals surface area (Å²) in [4.78, 5) is 51.2. The van der Waals surface area contributed by atoms with Crippen molar-refractivity contribution in [1.82, 2.24) is 14.1 Å². The fraction of sp³-hybridized carbons (Fsp3) is 0.545. The van der Waals surface area contributed by atoms with Gasteiger partial charge in [0.1, 0.15) is 0 Å². The molecule has 182 valence electrons. The molecule has 1 aliphatic heterocycles. The largest absolute Gasteiger partial charge is 0.466 e. The molecule has 0 aromatic heterocycles. The maximum atomic E-state index is 12.7. The monoisotopic (exact) mass is 481 g/mol. The number of piperidine rings is 1. The molecule has 2 amide bonds. The highest BCUT2D eigenvalue weighted by Gasteiger charge is 2.31. The molecule has 1 aromatic rings. The number of likely N-dealkylation sites (N-methyl/N-ethyl adjacent to an activating group) is 2. The van der Waals surface area contributed by atoms with E-state index < -0.39 is 22.5 Å². The number of Topliss-reactive ketones (excluding diaryl/α,β-unsaturated/α-hetero) is 1. The molecule has 1 aromatic carbocycles. The van der Waals surface area contributed by atoms with E-state index in [-0.39, 0.29) is 48.2 Å². The Morgan fingerprint density at radius 1 is 1.09 bits per heavy atom. The van der Waals surface area contributed by atoms with Crippen LogP contribution >= 0.6 is 0 Å². The highest BCUT2D eigenvalue weighted by Crippen LogP contribution is 2.19. The Morgan fingerprint density at radius 2 is 1.73 bits per heavy atom. The first kappa shape index (κ1) is 26.5. The number of nitrogens with zero attached hydrogens (tertiary/aromatic N) is 3. The van der Waals surface area contributed by atoms with Gasteiger partial charge >= 0.3 is 5.97 Å². The molecule has 1 aliphatic rings. The minimum absolute atomic E-state index is 0.0418. The standard InChI is InChI=1S/C22H31N3O7S/c1-5-32-22(29)18-7-6-12-25(13-18)21(28)14-23(3)20(27)15-24(4)33(30,31)19-10-8-17(9-11-19)16(2)26/h8-11,18H,5-7,12-15H2,1-4H3. The molecular weight excluding hydrogens is 450 g/mol. The van der Waals surface area contributed by atoms with Crippen LogP contribution < -0.4 is 0 Å². The summed E-state index contributed by atoms with van der Waals surface area (Å²) in [5.74, 6) is -1.76. The zero-order valence-electron chi connectivity index (χ0n) is 19.4. The van der Waals surface area contributed by atoms with Crippen LogP contribution in [0.3, 0.4) is 0 Å². The lowest BCUT2D eigenvalue weighted by Gasteiger charge is -2.32. The second-order valence-corrected chi connectivity index (χ2v) is 10.1. The molecule has 2 rings (SSSR count). The number of carbonyl (C=O) groups excluding carboxylic acids is 4. The topological polar surface area (TPSA) is 121 Å². The van der Waals surface area contributed by atoms with Crippen LogP contribution in [0.1, 0.15) is 37.0 Å². The number of amides is 2. The van der Waals surface area contributed by atoms with Crippen LogP contribution in [0, 0.1) is 5.92 Å². The van der Waals surface area contributed by atoms with Crippen molar-refractivity contribution >= 4 is 33.6 Å². The predicted molar refractivity (Wildman–Crippen MR) is 120 cm³/mol. The van der Waals surface area contributed by atoms with Gasteiger partial charge in [-0.1, -0.05) is 12.1 Å². The zero-order valence-corrected chi connectivity index (χ0v) is 20.3. The molecular formula is C22H31N3O7S. The van der Waals surface area contributed by atoms with Gasteiger partial charge in [0.15, 0.2) is 5.78 Å². The van der Waals surface area contributed by atoms with Crippen molar-refractivity contribution in [2.24, 2.45) is 5.92 Å². The van der Waals surface area contributed by atoms with Crippen LogP contribution in [0.4, 0.5) is 0 Å². The summed E-state index contributed by atoms with van der Waals surface area (Å²) < 4.78 is 31.4. The van der Waals surface area contributed by atoms with E-state index in [1.165, 1.54) is 55.1 Å². The molecule has 1 unspecified atom stereocenters. The lowest BCUT2D eigenvalue weighted by Crippen LogP contribution is -2.48. The average molecular weight is 482 g/mol. The Hall–Kier alpha value is -2.79. The van der Waals surface area contributed by atoms with Crippen molar-refractivity contribution in [1.29, 1.82) is 0 Å². The van der Waals surface area contributed by atoms with Gasteiger partial charge in [-0.05, 0) is 38.8 Å². The van der Waals surface area contributed by atoms with E-state index in [0.29, 0.717) is 24.9 Å². The molecule has 1 atom stereocenters. The fourth-order valence-electron chi connectivity index (χ4n) is 3.48. The Kier molecular flexibility index (Phi) is 9.12. The van der Waals surface area contributed by atoms with E-state index in [9.17, 15) is 27.6 Å². The van der Waals surface area contributed by atoms with E-state index in [0.717, 1.165) is 4.31 Å².